The summed E-state index contributed by atoms with van der Waals surface area (Å²) in [5.41, 5.74) is 6.52. The molecular formula is C14H14N4O2S. The molecule has 0 bridgehead atoms. The van der Waals surface area contributed by atoms with Crippen LogP contribution in [-0.4, -0.2) is 20.7 Å². The van der Waals surface area contributed by atoms with Crippen LogP contribution in [0.2, 0.25) is 0 Å². The van der Waals surface area contributed by atoms with Crippen molar-refractivity contribution in [2.24, 2.45) is 5.73 Å². The van der Waals surface area contributed by atoms with Gasteiger partial charge in [0.15, 0.2) is 0 Å². The van der Waals surface area contributed by atoms with Crippen molar-refractivity contribution in [3.63, 3.8) is 0 Å². The van der Waals surface area contributed by atoms with Crippen molar-refractivity contribution in [1.29, 1.82) is 0 Å². The van der Waals surface area contributed by atoms with E-state index in [1.54, 1.807) is 30.3 Å². The lowest BCUT2D eigenvalue weighted by Crippen LogP contribution is -2.24. The lowest BCUT2D eigenvalue weighted by Gasteiger charge is -2.10. The van der Waals surface area contributed by atoms with Crippen LogP contribution in [0.5, 0.6) is 0 Å². The lowest BCUT2D eigenvalue weighted by molar-refractivity contribution is -0.116. The molecule has 0 unspecified atom stereocenters. The lowest BCUT2D eigenvalue weighted by atomic mass is 10.1. The number of nitrogens with one attached hydrogen (secondary N) is 1. The highest BCUT2D eigenvalue weighted by Crippen LogP contribution is 2.14. The third kappa shape index (κ3) is 3.96. The Morgan fingerprint density at radius 1 is 1.29 bits per heavy atom. The molecule has 0 saturated heterocycles. The monoisotopic (exact) mass is 302 g/mol. The summed E-state index contributed by atoms with van der Waals surface area (Å²) in [6, 6.07) is 9.98. The molecule has 0 fully saturated rings. The van der Waals surface area contributed by atoms with Crippen LogP contribution < -0.4 is 16.6 Å². The number of thiocarbonyl (C=S) groups is 1. The van der Waals surface area contributed by atoms with Crippen LogP contribution in [-0.2, 0) is 11.3 Å². The molecule has 3 N–H and O–H groups in total. The van der Waals surface area contributed by atoms with Crippen LogP contribution in [0, 0.1) is 0 Å². The quantitative estimate of drug-likeness (QED) is 0.801. The molecule has 108 valence electrons. The van der Waals surface area contributed by atoms with E-state index in [2.05, 4.69) is 10.4 Å². The first-order chi connectivity index (χ1) is 10.1. The predicted octanol–water partition coefficient (Wildman–Crippen LogP) is 0.906. The fraction of sp³-hybridized carbons (Fsp3) is 0.143. The molecule has 7 heteroatoms. The second kappa shape index (κ2) is 6.76. The van der Waals surface area contributed by atoms with Gasteiger partial charge < -0.3 is 11.1 Å². The average molecular weight is 302 g/mol. The van der Waals surface area contributed by atoms with Crippen molar-refractivity contribution >= 4 is 28.8 Å². The molecule has 1 amide bonds. The van der Waals surface area contributed by atoms with E-state index in [4.69, 9.17) is 18.0 Å². The van der Waals surface area contributed by atoms with E-state index >= 15 is 0 Å². The maximum absolute atomic E-state index is 11.9. The largest absolute Gasteiger partial charge is 0.389 e. The Hall–Kier alpha value is -2.54. The van der Waals surface area contributed by atoms with Gasteiger partial charge >= 0.3 is 0 Å². The van der Waals surface area contributed by atoms with Crippen molar-refractivity contribution in [2.45, 2.75) is 13.0 Å². The van der Waals surface area contributed by atoms with Gasteiger partial charge in [0.2, 0.25) is 5.91 Å². The highest BCUT2D eigenvalue weighted by atomic mass is 32.1. The molecule has 2 aromatic rings. The topological polar surface area (TPSA) is 90.0 Å². The Bertz CT molecular complexity index is 727. The summed E-state index contributed by atoms with van der Waals surface area (Å²) in [6.45, 7) is 0.209. The highest BCUT2D eigenvalue weighted by Gasteiger charge is 2.08. The minimum Gasteiger partial charge on any atom is -0.389 e. The standard InChI is InChI=1S/C14H14N4O2S/c15-14(21)10-4-1-2-5-11(10)17-12(19)7-9-18-13(20)6-3-8-16-18/h1-6,8H,7,9H2,(H2,15,21)(H,17,19). The highest BCUT2D eigenvalue weighted by molar-refractivity contribution is 7.80. The minimum atomic E-state index is -0.242. The number of anilines is 1. The van der Waals surface area contributed by atoms with Gasteiger partial charge in [-0.3, -0.25) is 9.59 Å². The Balaban J connectivity index is 2.01. The number of rotatable bonds is 5. The molecule has 0 atom stereocenters. The van der Waals surface area contributed by atoms with Crippen molar-refractivity contribution in [2.75, 3.05) is 5.32 Å². The summed E-state index contributed by atoms with van der Waals surface area (Å²) >= 11 is 4.93. The van der Waals surface area contributed by atoms with E-state index in [1.165, 1.54) is 16.9 Å². The second-order valence-corrected chi connectivity index (χ2v) is 4.73. The summed E-state index contributed by atoms with van der Waals surface area (Å²) < 4.78 is 1.24. The van der Waals surface area contributed by atoms with Gasteiger partial charge in [-0.2, -0.15) is 5.10 Å². The first kappa shape index (κ1) is 14.9. The molecule has 6 nitrogen and oxygen atoms in total. The van der Waals surface area contributed by atoms with Gasteiger partial charge in [0, 0.05) is 24.2 Å². The molecule has 0 aliphatic heterocycles. The number of benzene rings is 1. The van der Waals surface area contributed by atoms with Crippen molar-refractivity contribution in [3.8, 4) is 0 Å². The molecule has 0 aliphatic carbocycles. The third-order valence-corrected chi connectivity index (χ3v) is 3.02. The number of aryl methyl sites for hydroxylation is 1. The maximum atomic E-state index is 11.9. The number of carbonyl (C=O) groups excluding carboxylic acids is 1. The first-order valence-corrected chi connectivity index (χ1v) is 6.69. The number of aromatic nitrogens is 2. The fourth-order valence-electron chi connectivity index (χ4n) is 1.78. The summed E-state index contributed by atoms with van der Waals surface area (Å²) in [5.74, 6) is -0.240. The van der Waals surface area contributed by atoms with Crippen LogP contribution in [0.25, 0.3) is 0 Å². The van der Waals surface area contributed by atoms with Crippen molar-refractivity contribution < 1.29 is 4.79 Å². The van der Waals surface area contributed by atoms with Crippen molar-refractivity contribution in [1.82, 2.24) is 9.78 Å². The zero-order valence-electron chi connectivity index (χ0n) is 11.2. The molecule has 1 aromatic heterocycles. The van der Waals surface area contributed by atoms with E-state index < -0.39 is 0 Å². The number of nitrogens with zero attached hydrogens (tertiary/aromatic N) is 2. The number of hydrogen-bond donors (Lipinski definition) is 2. The van der Waals surface area contributed by atoms with E-state index in [0.717, 1.165) is 0 Å². The van der Waals surface area contributed by atoms with Crippen LogP contribution in [0.15, 0.2) is 47.4 Å². The first-order valence-electron chi connectivity index (χ1n) is 6.29. The SMILES string of the molecule is NC(=S)c1ccccc1NC(=O)CCn1ncccc1=O. The molecule has 2 rings (SSSR count). The number of amides is 1. The molecule has 21 heavy (non-hydrogen) atoms. The number of carbonyl (C=O) groups is 1. The van der Waals surface area contributed by atoms with E-state index in [1.807, 2.05) is 0 Å². The summed E-state index contributed by atoms with van der Waals surface area (Å²) in [6.07, 6.45) is 1.63. The number of para-hydroxylation sites is 1. The van der Waals surface area contributed by atoms with Gasteiger partial charge in [-0.1, -0.05) is 24.4 Å². The maximum Gasteiger partial charge on any atom is 0.266 e. The fourth-order valence-corrected chi connectivity index (χ4v) is 1.96. The van der Waals surface area contributed by atoms with E-state index in [0.29, 0.717) is 11.3 Å². The molecule has 0 radical (unpaired) electrons. The summed E-state index contributed by atoms with van der Waals surface area (Å²) in [4.78, 5) is 23.6. The van der Waals surface area contributed by atoms with Crippen LogP contribution >= 0.6 is 12.2 Å². The number of nitrogens with two attached hydrogens (primary N) is 1. The second-order valence-electron chi connectivity index (χ2n) is 4.29. The van der Waals surface area contributed by atoms with E-state index in [-0.39, 0.29) is 29.4 Å². The Morgan fingerprint density at radius 2 is 2.05 bits per heavy atom. The minimum absolute atomic E-state index is 0.128. The van der Waals surface area contributed by atoms with E-state index in [9.17, 15) is 9.59 Å². The van der Waals surface area contributed by atoms with Crippen molar-refractivity contribution in [3.05, 3.63) is 58.5 Å². The number of hydrogen-bond acceptors (Lipinski definition) is 4. The third-order valence-electron chi connectivity index (χ3n) is 2.80. The molecule has 0 saturated carbocycles. The summed E-state index contributed by atoms with van der Waals surface area (Å²) in [7, 11) is 0. The van der Waals surface area contributed by atoms with Gasteiger partial charge in [-0.05, 0) is 18.2 Å². The van der Waals surface area contributed by atoms with Crippen LogP contribution in [0.4, 0.5) is 5.69 Å². The molecule has 1 aromatic carbocycles. The Labute approximate surface area is 126 Å². The molecule has 1 heterocycles. The average Bonchev–Trinajstić information content (AvgIpc) is 2.47. The molecule has 0 aliphatic rings. The predicted molar refractivity (Wildman–Crippen MR) is 84.1 cm³/mol. The van der Waals surface area contributed by atoms with Crippen LogP contribution in [0.3, 0.4) is 0 Å². The van der Waals surface area contributed by atoms with Gasteiger partial charge in [0.25, 0.3) is 5.56 Å². The summed E-state index contributed by atoms with van der Waals surface area (Å²) in [5, 5.41) is 6.62. The van der Waals surface area contributed by atoms with Gasteiger partial charge in [-0.15, -0.1) is 0 Å². The van der Waals surface area contributed by atoms with Gasteiger partial charge in [0.1, 0.15) is 4.99 Å². The van der Waals surface area contributed by atoms with Gasteiger partial charge in [-0.25, -0.2) is 4.68 Å². The normalized spacial score (nSPS) is 10.1. The van der Waals surface area contributed by atoms with Crippen LogP contribution in [0.1, 0.15) is 12.0 Å². The zero-order valence-corrected chi connectivity index (χ0v) is 12.0. The molecular weight excluding hydrogens is 288 g/mol. The Kier molecular flexibility index (Phi) is 4.78. The smallest absolute Gasteiger partial charge is 0.266 e. The zero-order chi connectivity index (χ0) is 15.2. The van der Waals surface area contributed by atoms with Gasteiger partial charge in [0.05, 0.1) is 12.2 Å². The molecule has 0 spiro atoms. The Morgan fingerprint density at radius 3 is 2.76 bits per heavy atom.